The van der Waals surface area contributed by atoms with E-state index in [1.807, 2.05) is 19.2 Å². The van der Waals surface area contributed by atoms with Crippen molar-refractivity contribution in [3.8, 4) is 0 Å². The molecule has 1 aliphatic heterocycles. The molecular formula is C15H25N3O. The van der Waals surface area contributed by atoms with Crippen LogP contribution in [0.5, 0.6) is 0 Å². The summed E-state index contributed by atoms with van der Waals surface area (Å²) in [5, 5.41) is 3.43. The van der Waals surface area contributed by atoms with E-state index in [1.54, 1.807) is 6.26 Å². The van der Waals surface area contributed by atoms with Gasteiger partial charge in [-0.2, -0.15) is 0 Å². The maximum atomic E-state index is 5.33. The first kappa shape index (κ1) is 14.0. The number of hydrogen-bond donors (Lipinski definition) is 1. The highest BCUT2D eigenvalue weighted by Crippen LogP contribution is 2.22. The second kappa shape index (κ2) is 6.64. The molecule has 0 spiro atoms. The van der Waals surface area contributed by atoms with Crippen molar-refractivity contribution in [3.63, 3.8) is 0 Å². The number of furan rings is 1. The lowest BCUT2D eigenvalue weighted by molar-refractivity contribution is 0.200. The number of aliphatic imine (C=N–C) groups is 1. The van der Waals surface area contributed by atoms with E-state index in [2.05, 4.69) is 29.1 Å². The molecular weight excluding hydrogens is 238 g/mol. The van der Waals surface area contributed by atoms with E-state index in [1.165, 1.54) is 6.42 Å². The molecule has 0 radical (unpaired) electrons. The van der Waals surface area contributed by atoms with Crippen molar-refractivity contribution in [3.05, 3.63) is 24.2 Å². The number of nitrogens with one attached hydrogen (secondary N) is 1. The van der Waals surface area contributed by atoms with E-state index in [0.717, 1.165) is 49.6 Å². The van der Waals surface area contributed by atoms with Gasteiger partial charge in [0.1, 0.15) is 5.76 Å². The minimum absolute atomic E-state index is 0.734. The Kier molecular flexibility index (Phi) is 4.88. The summed E-state index contributed by atoms with van der Waals surface area (Å²) in [6.45, 7) is 7.73. The van der Waals surface area contributed by atoms with E-state index in [0.29, 0.717) is 0 Å². The van der Waals surface area contributed by atoms with E-state index < -0.39 is 0 Å². The summed E-state index contributed by atoms with van der Waals surface area (Å²) in [4.78, 5) is 6.76. The SMILES string of the molecule is CN=C(NCCc1ccco1)N1CCC(C)C(C)C1. The molecule has 1 aliphatic rings. The van der Waals surface area contributed by atoms with Crippen LogP contribution >= 0.6 is 0 Å². The quantitative estimate of drug-likeness (QED) is 0.672. The minimum atomic E-state index is 0.734. The van der Waals surface area contributed by atoms with Crippen molar-refractivity contribution >= 4 is 5.96 Å². The topological polar surface area (TPSA) is 40.8 Å². The van der Waals surface area contributed by atoms with Crippen molar-refractivity contribution in [2.45, 2.75) is 26.7 Å². The van der Waals surface area contributed by atoms with Gasteiger partial charge in [0.05, 0.1) is 6.26 Å². The molecule has 1 saturated heterocycles. The number of nitrogens with zero attached hydrogens (tertiary/aromatic N) is 2. The first-order chi connectivity index (χ1) is 9.20. The standard InChI is InChI=1S/C15H25N3O/c1-12-7-9-18(11-13(12)2)15(16-3)17-8-6-14-5-4-10-19-14/h4-5,10,12-13H,6-9,11H2,1-3H3,(H,16,17). The molecule has 0 aromatic carbocycles. The van der Waals surface area contributed by atoms with Gasteiger partial charge in [0, 0.05) is 33.1 Å². The fourth-order valence-electron chi connectivity index (χ4n) is 2.54. The highest BCUT2D eigenvalue weighted by atomic mass is 16.3. The molecule has 0 aliphatic carbocycles. The Morgan fingerprint density at radius 2 is 2.32 bits per heavy atom. The monoisotopic (exact) mass is 263 g/mol. The van der Waals surface area contributed by atoms with Crippen LogP contribution in [-0.4, -0.2) is 37.5 Å². The fourth-order valence-corrected chi connectivity index (χ4v) is 2.54. The summed E-state index contributed by atoms with van der Waals surface area (Å²) in [6.07, 6.45) is 3.86. The Morgan fingerprint density at radius 3 is 2.95 bits per heavy atom. The number of hydrogen-bond acceptors (Lipinski definition) is 2. The van der Waals surface area contributed by atoms with Crippen molar-refractivity contribution in [1.82, 2.24) is 10.2 Å². The van der Waals surface area contributed by atoms with Gasteiger partial charge in [0.2, 0.25) is 0 Å². The molecule has 4 nitrogen and oxygen atoms in total. The number of rotatable bonds is 3. The van der Waals surface area contributed by atoms with E-state index >= 15 is 0 Å². The molecule has 2 atom stereocenters. The predicted molar refractivity (Wildman–Crippen MR) is 78.3 cm³/mol. The molecule has 1 aromatic heterocycles. The van der Waals surface area contributed by atoms with Crippen LogP contribution in [0.15, 0.2) is 27.8 Å². The maximum absolute atomic E-state index is 5.33. The van der Waals surface area contributed by atoms with Crippen LogP contribution in [0.1, 0.15) is 26.0 Å². The van der Waals surface area contributed by atoms with Crippen molar-refractivity contribution in [1.29, 1.82) is 0 Å². The van der Waals surface area contributed by atoms with Gasteiger partial charge in [-0.15, -0.1) is 0 Å². The third kappa shape index (κ3) is 3.75. The zero-order chi connectivity index (χ0) is 13.7. The Hall–Kier alpha value is -1.45. The molecule has 106 valence electrons. The lowest BCUT2D eigenvalue weighted by Gasteiger charge is -2.37. The Bertz CT molecular complexity index is 400. The van der Waals surface area contributed by atoms with Gasteiger partial charge in [-0.25, -0.2) is 0 Å². The van der Waals surface area contributed by atoms with Crippen molar-refractivity contribution in [2.75, 3.05) is 26.7 Å². The minimum Gasteiger partial charge on any atom is -0.469 e. The van der Waals surface area contributed by atoms with Crippen LogP contribution in [-0.2, 0) is 6.42 Å². The van der Waals surface area contributed by atoms with Crippen LogP contribution < -0.4 is 5.32 Å². The van der Waals surface area contributed by atoms with Gasteiger partial charge in [-0.1, -0.05) is 13.8 Å². The summed E-state index contributed by atoms with van der Waals surface area (Å²) in [6, 6.07) is 3.94. The maximum Gasteiger partial charge on any atom is 0.193 e. The van der Waals surface area contributed by atoms with Gasteiger partial charge in [-0.3, -0.25) is 4.99 Å². The smallest absolute Gasteiger partial charge is 0.193 e. The summed E-state index contributed by atoms with van der Waals surface area (Å²) in [5.41, 5.74) is 0. The van der Waals surface area contributed by atoms with Crippen molar-refractivity contribution in [2.24, 2.45) is 16.8 Å². The largest absolute Gasteiger partial charge is 0.469 e. The van der Waals surface area contributed by atoms with E-state index in [4.69, 9.17) is 4.42 Å². The summed E-state index contributed by atoms with van der Waals surface area (Å²) < 4.78 is 5.33. The summed E-state index contributed by atoms with van der Waals surface area (Å²) in [7, 11) is 1.86. The van der Waals surface area contributed by atoms with Crippen LogP contribution in [0, 0.1) is 11.8 Å². The molecule has 0 bridgehead atoms. The molecule has 1 aromatic rings. The molecule has 19 heavy (non-hydrogen) atoms. The summed E-state index contributed by atoms with van der Waals surface area (Å²) >= 11 is 0. The lowest BCUT2D eigenvalue weighted by atomic mass is 9.89. The normalized spacial score (nSPS) is 24.6. The van der Waals surface area contributed by atoms with Crippen LogP contribution in [0.3, 0.4) is 0 Å². The zero-order valence-electron chi connectivity index (χ0n) is 12.2. The van der Waals surface area contributed by atoms with E-state index in [-0.39, 0.29) is 0 Å². The molecule has 0 amide bonds. The first-order valence-corrected chi connectivity index (χ1v) is 7.18. The van der Waals surface area contributed by atoms with Gasteiger partial charge >= 0.3 is 0 Å². The Balaban J connectivity index is 1.80. The Morgan fingerprint density at radius 1 is 1.47 bits per heavy atom. The average molecular weight is 263 g/mol. The average Bonchev–Trinajstić information content (AvgIpc) is 2.91. The predicted octanol–water partition coefficient (Wildman–Crippen LogP) is 2.38. The second-order valence-electron chi connectivity index (χ2n) is 5.49. The van der Waals surface area contributed by atoms with Crippen LogP contribution in [0.25, 0.3) is 0 Å². The summed E-state index contributed by atoms with van der Waals surface area (Å²) in [5.74, 6) is 3.59. The molecule has 2 unspecified atom stereocenters. The van der Waals surface area contributed by atoms with Gasteiger partial charge in [0.25, 0.3) is 0 Å². The molecule has 4 heteroatoms. The highest BCUT2D eigenvalue weighted by molar-refractivity contribution is 5.80. The number of piperidine rings is 1. The number of guanidine groups is 1. The van der Waals surface area contributed by atoms with Crippen molar-refractivity contribution < 1.29 is 4.42 Å². The highest BCUT2D eigenvalue weighted by Gasteiger charge is 2.24. The van der Waals surface area contributed by atoms with Gasteiger partial charge in [-0.05, 0) is 30.4 Å². The van der Waals surface area contributed by atoms with Gasteiger partial charge in [0.15, 0.2) is 5.96 Å². The van der Waals surface area contributed by atoms with Crippen LogP contribution in [0.4, 0.5) is 0 Å². The molecule has 0 saturated carbocycles. The fraction of sp³-hybridized carbons (Fsp3) is 0.667. The van der Waals surface area contributed by atoms with Gasteiger partial charge < -0.3 is 14.6 Å². The molecule has 1 N–H and O–H groups in total. The number of likely N-dealkylation sites (tertiary alicyclic amines) is 1. The first-order valence-electron chi connectivity index (χ1n) is 7.18. The Labute approximate surface area is 115 Å². The van der Waals surface area contributed by atoms with E-state index in [9.17, 15) is 0 Å². The lowest BCUT2D eigenvalue weighted by Crippen LogP contribution is -2.48. The molecule has 1 fully saturated rings. The molecule has 2 rings (SSSR count). The van der Waals surface area contributed by atoms with Crippen LogP contribution in [0.2, 0.25) is 0 Å². The third-order valence-electron chi connectivity index (χ3n) is 4.08. The second-order valence-corrected chi connectivity index (χ2v) is 5.49. The zero-order valence-corrected chi connectivity index (χ0v) is 12.2. The molecule has 2 heterocycles. The third-order valence-corrected chi connectivity index (χ3v) is 4.08.